The number of hydrogen-bond donors (Lipinski definition) is 1. The Morgan fingerprint density at radius 3 is 2.00 bits per heavy atom. The van der Waals surface area contributed by atoms with E-state index in [1.165, 1.54) is 0 Å². The summed E-state index contributed by atoms with van der Waals surface area (Å²) < 4.78 is 11.1. The van der Waals surface area contributed by atoms with Gasteiger partial charge in [-0.3, -0.25) is 0 Å². The zero-order chi connectivity index (χ0) is 9.24. The van der Waals surface area contributed by atoms with Gasteiger partial charge >= 0.3 is 0 Å². The molecule has 0 bridgehead atoms. The first-order valence-corrected chi connectivity index (χ1v) is 4.60. The van der Waals surface area contributed by atoms with Gasteiger partial charge < -0.3 is 15.2 Å². The Morgan fingerprint density at radius 2 is 1.67 bits per heavy atom. The van der Waals surface area contributed by atoms with Gasteiger partial charge in [-0.25, -0.2) is 0 Å². The molecule has 1 fully saturated rings. The van der Waals surface area contributed by atoms with Crippen molar-refractivity contribution in [1.29, 1.82) is 0 Å². The van der Waals surface area contributed by atoms with Crippen molar-refractivity contribution in [3.05, 3.63) is 0 Å². The van der Waals surface area contributed by atoms with Crippen LogP contribution in [0.5, 0.6) is 0 Å². The monoisotopic (exact) mass is 173 g/mol. The summed E-state index contributed by atoms with van der Waals surface area (Å²) >= 11 is 0. The van der Waals surface area contributed by atoms with Crippen molar-refractivity contribution in [2.75, 3.05) is 13.2 Å². The SMILES string of the molecule is CCC1(N)COC(C)(CC)OC1. The first-order valence-electron chi connectivity index (χ1n) is 4.60. The zero-order valence-electron chi connectivity index (χ0n) is 8.22. The smallest absolute Gasteiger partial charge is 0.165 e. The summed E-state index contributed by atoms with van der Waals surface area (Å²) in [5.74, 6) is -0.405. The van der Waals surface area contributed by atoms with Crippen molar-refractivity contribution >= 4 is 0 Å². The Labute approximate surface area is 74.2 Å². The number of ether oxygens (including phenoxy) is 2. The molecule has 12 heavy (non-hydrogen) atoms. The summed E-state index contributed by atoms with van der Waals surface area (Å²) in [6.07, 6.45) is 1.76. The molecule has 3 nitrogen and oxygen atoms in total. The van der Waals surface area contributed by atoms with E-state index < -0.39 is 5.79 Å². The molecule has 1 heterocycles. The standard InChI is InChI=1S/C9H19NO2/c1-4-8(3)11-6-9(10,5-2)7-12-8/h4-7,10H2,1-3H3. The second-order valence-electron chi connectivity index (χ2n) is 3.78. The molecule has 3 heteroatoms. The molecule has 1 rings (SSSR count). The molecule has 0 aromatic carbocycles. The summed E-state index contributed by atoms with van der Waals surface area (Å²) in [7, 11) is 0. The molecule has 0 radical (unpaired) electrons. The molecule has 0 aliphatic carbocycles. The van der Waals surface area contributed by atoms with Crippen molar-refractivity contribution in [3.63, 3.8) is 0 Å². The minimum atomic E-state index is -0.405. The Hall–Kier alpha value is -0.120. The Bertz CT molecular complexity index is 133. The van der Waals surface area contributed by atoms with Crippen LogP contribution < -0.4 is 5.73 Å². The summed E-state index contributed by atoms with van der Waals surface area (Å²) in [6, 6.07) is 0. The fraction of sp³-hybridized carbons (Fsp3) is 1.00. The molecule has 0 aromatic heterocycles. The highest BCUT2D eigenvalue weighted by atomic mass is 16.7. The number of hydrogen-bond acceptors (Lipinski definition) is 3. The highest BCUT2D eigenvalue weighted by Crippen LogP contribution is 2.26. The Kier molecular flexibility index (Phi) is 2.76. The molecule has 72 valence electrons. The quantitative estimate of drug-likeness (QED) is 0.684. The highest BCUT2D eigenvalue weighted by molar-refractivity contribution is 4.87. The highest BCUT2D eigenvalue weighted by Gasteiger charge is 2.37. The summed E-state index contributed by atoms with van der Waals surface area (Å²) in [5, 5.41) is 0. The van der Waals surface area contributed by atoms with Crippen LogP contribution in [0.2, 0.25) is 0 Å². The van der Waals surface area contributed by atoms with E-state index in [1.807, 2.05) is 6.92 Å². The van der Waals surface area contributed by atoms with Crippen LogP contribution in [0.15, 0.2) is 0 Å². The number of rotatable bonds is 2. The van der Waals surface area contributed by atoms with Crippen LogP contribution in [0.25, 0.3) is 0 Å². The van der Waals surface area contributed by atoms with Gasteiger partial charge in [0.25, 0.3) is 0 Å². The van der Waals surface area contributed by atoms with Gasteiger partial charge in [-0.05, 0) is 19.8 Å². The molecule has 2 N–H and O–H groups in total. The lowest BCUT2D eigenvalue weighted by Gasteiger charge is -2.42. The Balaban J connectivity index is 2.49. The largest absolute Gasteiger partial charge is 0.348 e. The third-order valence-corrected chi connectivity index (χ3v) is 2.68. The molecule has 0 saturated carbocycles. The molecule has 0 amide bonds. The predicted molar refractivity (Wildman–Crippen MR) is 47.8 cm³/mol. The molecule has 1 aliphatic heterocycles. The third kappa shape index (κ3) is 1.97. The molecule has 0 atom stereocenters. The van der Waals surface area contributed by atoms with Gasteiger partial charge in [-0.15, -0.1) is 0 Å². The van der Waals surface area contributed by atoms with Gasteiger partial charge in [0.05, 0.1) is 18.8 Å². The van der Waals surface area contributed by atoms with Gasteiger partial charge in [0.15, 0.2) is 5.79 Å². The minimum Gasteiger partial charge on any atom is -0.348 e. The first-order chi connectivity index (χ1) is 5.54. The van der Waals surface area contributed by atoms with Crippen molar-refractivity contribution in [2.45, 2.75) is 44.9 Å². The maximum atomic E-state index is 5.98. The molecular formula is C9H19NO2. The van der Waals surface area contributed by atoms with Crippen LogP contribution in [-0.4, -0.2) is 24.5 Å². The van der Waals surface area contributed by atoms with Gasteiger partial charge in [0.1, 0.15) is 0 Å². The van der Waals surface area contributed by atoms with Crippen molar-refractivity contribution in [2.24, 2.45) is 5.73 Å². The van der Waals surface area contributed by atoms with Gasteiger partial charge in [-0.1, -0.05) is 13.8 Å². The molecular weight excluding hydrogens is 154 g/mol. The normalized spacial score (nSPS) is 43.0. The van der Waals surface area contributed by atoms with E-state index in [4.69, 9.17) is 15.2 Å². The fourth-order valence-electron chi connectivity index (χ4n) is 1.08. The van der Waals surface area contributed by atoms with Crippen LogP contribution in [0.4, 0.5) is 0 Å². The summed E-state index contributed by atoms with van der Waals surface area (Å²) in [6.45, 7) is 7.28. The minimum absolute atomic E-state index is 0.269. The van der Waals surface area contributed by atoms with E-state index in [0.29, 0.717) is 13.2 Å². The van der Waals surface area contributed by atoms with Crippen molar-refractivity contribution < 1.29 is 9.47 Å². The van der Waals surface area contributed by atoms with Crippen LogP contribution >= 0.6 is 0 Å². The second-order valence-corrected chi connectivity index (χ2v) is 3.78. The van der Waals surface area contributed by atoms with Crippen molar-refractivity contribution in [1.82, 2.24) is 0 Å². The predicted octanol–water partition coefficient (Wildman–Crippen LogP) is 1.27. The topological polar surface area (TPSA) is 44.5 Å². The molecule has 1 saturated heterocycles. The lowest BCUT2D eigenvalue weighted by molar-refractivity contribution is -0.278. The molecule has 0 aromatic rings. The summed E-state index contributed by atoms with van der Waals surface area (Å²) in [5.41, 5.74) is 5.71. The Morgan fingerprint density at radius 1 is 1.17 bits per heavy atom. The average molecular weight is 173 g/mol. The van der Waals surface area contributed by atoms with E-state index in [2.05, 4.69) is 13.8 Å². The third-order valence-electron chi connectivity index (χ3n) is 2.68. The van der Waals surface area contributed by atoms with Crippen LogP contribution in [0.1, 0.15) is 33.6 Å². The first kappa shape index (κ1) is 9.96. The molecule has 0 spiro atoms. The second kappa shape index (κ2) is 3.32. The van der Waals surface area contributed by atoms with Gasteiger partial charge in [0, 0.05) is 0 Å². The maximum Gasteiger partial charge on any atom is 0.165 e. The van der Waals surface area contributed by atoms with E-state index in [0.717, 1.165) is 12.8 Å². The lowest BCUT2D eigenvalue weighted by atomic mass is 9.98. The van der Waals surface area contributed by atoms with E-state index in [1.54, 1.807) is 0 Å². The number of nitrogens with two attached hydrogens (primary N) is 1. The van der Waals surface area contributed by atoms with Crippen molar-refractivity contribution in [3.8, 4) is 0 Å². The van der Waals surface area contributed by atoms with E-state index >= 15 is 0 Å². The summed E-state index contributed by atoms with van der Waals surface area (Å²) in [4.78, 5) is 0. The fourth-order valence-corrected chi connectivity index (χ4v) is 1.08. The average Bonchev–Trinajstić information content (AvgIpc) is 2.11. The lowest BCUT2D eigenvalue weighted by Crippen LogP contribution is -2.57. The molecule has 1 aliphatic rings. The maximum absolute atomic E-state index is 5.98. The van der Waals surface area contributed by atoms with E-state index in [9.17, 15) is 0 Å². The zero-order valence-corrected chi connectivity index (χ0v) is 8.22. The van der Waals surface area contributed by atoms with Crippen LogP contribution in [0.3, 0.4) is 0 Å². The van der Waals surface area contributed by atoms with E-state index in [-0.39, 0.29) is 5.54 Å². The van der Waals surface area contributed by atoms with Gasteiger partial charge in [0.2, 0.25) is 0 Å². The molecule has 0 unspecified atom stereocenters. The van der Waals surface area contributed by atoms with Crippen LogP contribution in [-0.2, 0) is 9.47 Å². The van der Waals surface area contributed by atoms with Crippen LogP contribution in [0, 0.1) is 0 Å². The van der Waals surface area contributed by atoms with Gasteiger partial charge in [-0.2, -0.15) is 0 Å².